The molecular formula is C10H18N2O. The Bertz CT molecular complexity index is 183. The molecule has 2 rings (SSSR count). The van der Waals surface area contributed by atoms with E-state index in [1.165, 1.54) is 19.3 Å². The van der Waals surface area contributed by atoms with Gasteiger partial charge in [-0.3, -0.25) is 9.69 Å². The van der Waals surface area contributed by atoms with E-state index in [-0.39, 0.29) is 0 Å². The van der Waals surface area contributed by atoms with Crippen LogP contribution in [0.1, 0.15) is 19.3 Å². The maximum absolute atomic E-state index is 11.6. The fourth-order valence-electron chi connectivity index (χ4n) is 1.98. The molecule has 0 amide bonds. The highest BCUT2D eigenvalue weighted by Crippen LogP contribution is 2.11. The third kappa shape index (κ3) is 2.29. The van der Waals surface area contributed by atoms with Gasteiger partial charge in [0, 0.05) is 19.0 Å². The summed E-state index contributed by atoms with van der Waals surface area (Å²) in [7, 11) is 0. The number of piperidine rings is 1. The zero-order valence-corrected chi connectivity index (χ0v) is 8.09. The lowest BCUT2D eigenvalue weighted by Crippen LogP contribution is -2.50. The minimum atomic E-state index is 0.321. The molecule has 0 atom stereocenters. The molecule has 2 aliphatic heterocycles. The zero-order chi connectivity index (χ0) is 9.10. The van der Waals surface area contributed by atoms with Gasteiger partial charge < -0.3 is 5.32 Å². The Hall–Kier alpha value is -0.410. The molecule has 0 unspecified atom stereocenters. The van der Waals surface area contributed by atoms with Gasteiger partial charge in [-0.2, -0.15) is 0 Å². The third-order valence-electron chi connectivity index (χ3n) is 3.06. The first-order valence-electron chi connectivity index (χ1n) is 5.32. The molecule has 0 bridgehead atoms. The van der Waals surface area contributed by atoms with E-state index in [4.69, 9.17) is 0 Å². The number of ketones is 1. The normalized spacial score (nSPS) is 25.5. The van der Waals surface area contributed by atoms with Gasteiger partial charge in [-0.15, -0.1) is 0 Å². The van der Waals surface area contributed by atoms with Crippen LogP contribution in [-0.4, -0.2) is 43.4 Å². The Labute approximate surface area is 79.5 Å². The Morgan fingerprint density at radius 3 is 2.46 bits per heavy atom. The van der Waals surface area contributed by atoms with E-state index in [2.05, 4.69) is 10.2 Å². The molecule has 2 aliphatic rings. The predicted octanol–water partition coefficient (Wildman–Crippen LogP) is 0.261. The Morgan fingerprint density at radius 1 is 1.23 bits per heavy atom. The van der Waals surface area contributed by atoms with Crippen molar-refractivity contribution in [3.63, 3.8) is 0 Å². The summed E-state index contributed by atoms with van der Waals surface area (Å²) in [5, 5.41) is 3.14. The van der Waals surface area contributed by atoms with Gasteiger partial charge in [0.2, 0.25) is 0 Å². The first kappa shape index (κ1) is 9.16. The Morgan fingerprint density at radius 2 is 1.92 bits per heavy atom. The smallest absolute Gasteiger partial charge is 0.152 e. The first-order valence-corrected chi connectivity index (χ1v) is 5.32. The maximum Gasteiger partial charge on any atom is 0.152 e. The summed E-state index contributed by atoms with van der Waals surface area (Å²) in [6, 6.07) is 0. The number of rotatable bonds is 3. The van der Waals surface area contributed by atoms with E-state index in [0.717, 1.165) is 26.2 Å². The van der Waals surface area contributed by atoms with Crippen LogP contribution in [0.3, 0.4) is 0 Å². The van der Waals surface area contributed by atoms with Crippen LogP contribution in [-0.2, 0) is 4.79 Å². The summed E-state index contributed by atoms with van der Waals surface area (Å²) in [6.07, 6.45) is 3.89. The molecule has 0 radical (unpaired) electrons. The van der Waals surface area contributed by atoms with Crippen LogP contribution < -0.4 is 5.32 Å². The molecule has 1 N–H and O–H groups in total. The molecule has 0 aromatic heterocycles. The molecule has 74 valence electrons. The average molecular weight is 182 g/mol. The number of nitrogens with one attached hydrogen (secondary N) is 1. The van der Waals surface area contributed by atoms with Crippen LogP contribution in [0.5, 0.6) is 0 Å². The summed E-state index contributed by atoms with van der Waals surface area (Å²) < 4.78 is 0. The van der Waals surface area contributed by atoms with Crippen molar-refractivity contribution in [1.29, 1.82) is 0 Å². The van der Waals surface area contributed by atoms with E-state index >= 15 is 0 Å². The molecule has 2 heterocycles. The highest BCUT2D eigenvalue weighted by atomic mass is 16.1. The summed E-state index contributed by atoms with van der Waals surface area (Å²) in [5.41, 5.74) is 0. The van der Waals surface area contributed by atoms with Gasteiger partial charge in [-0.05, 0) is 25.9 Å². The SMILES string of the molecule is O=C(CN1CCCCC1)C1CNC1. The molecule has 0 aromatic rings. The quantitative estimate of drug-likeness (QED) is 0.679. The Kier molecular flexibility index (Phi) is 2.96. The van der Waals surface area contributed by atoms with Crippen molar-refractivity contribution in [2.45, 2.75) is 19.3 Å². The highest BCUT2D eigenvalue weighted by molar-refractivity contribution is 5.84. The molecule has 2 saturated heterocycles. The topological polar surface area (TPSA) is 32.3 Å². The molecule has 0 spiro atoms. The van der Waals surface area contributed by atoms with Gasteiger partial charge in [0.25, 0.3) is 0 Å². The van der Waals surface area contributed by atoms with Crippen molar-refractivity contribution in [3.8, 4) is 0 Å². The third-order valence-corrected chi connectivity index (χ3v) is 3.06. The van der Waals surface area contributed by atoms with Crippen molar-refractivity contribution >= 4 is 5.78 Å². The summed E-state index contributed by atoms with van der Waals surface area (Å²) in [6.45, 7) is 4.78. The van der Waals surface area contributed by atoms with Crippen molar-refractivity contribution in [2.24, 2.45) is 5.92 Å². The van der Waals surface area contributed by atoms with E-state index in [0.29, 0.717) is 18.2 Å². The number of carbonyl (C=O) groups is 1. The van der Waals surface area contributed by atoms with Crippen molar-refractivity contribution < 1.29 is 4.79 Å². The first-order chi connectivity index (χ1) is 6.36. The molecule has 13 heavy (non-hydrogen) atoms. The van der Waals surface area contributed by atoms with Gasteiger partial charge >= 0.3 is 0 Å². The second-order valence-electron chi connectivity index (χ2n) is 4.16. The molecule has 0 aliphatic carbocycles. The van der Waals surface area contributed by atoms with E-state index in [1.54, 1.807) is 0 Å². The lowest BCUT2D eigenvalue weighted by atomic mass is 9.97. The van der Waals surface area contributed by atoms with Crippen molar-refractivity contribution in [3.05, 3.63) is 0 Å². The molecule has 3 nitrogen and oxygen atoms in total. The molecular weight excluding hydrogens is 164 g/mol. The monoisotopic (exact) mass is 182 g/mol. The number of nitrogens with zero attached hydrogens (tertiary/aromatic N) is 1. The Balaban J connectivity index is 1.72. The molecule has 3 heteroatoms. The highest BCUT2D eigenvalue weighted by Gasteiger charge is 2.26. The van der Waals surface area contributed by atoms with Crippen LogP contribution in [0.2, 0.25) is 0 Å². The second kappa shape index (κ2) is 4.20. The van der Waals surface area contributed by atoms with Crippen LogP contribution in [0, 0.1) is 5.92 Å². The van der Waals surface area contributed by atoms with Crippen LogP contribution in [0.25, 0.3) is 0 Å². The predicted molar refractivity (Wildman–Crippen MR) is 51.7 cm³/mol. The average Bonchev–Trinajstić information content (AvgIpc) is 2.02. The number of hydrogen-bond donors (Lipinski definition) is 1. The summed E-state index contributed by atoms with van der Waals surface area (Å²) in [4.78, 5) is 13.9. The molecule has 0 saturated carbocycles. The van der Waals surface area contributed by atoms with E-state index in [9.17, 15) is 4.79 Å². The standard InChI is InChI=1S/C10H18N2O/c13-10(9-6-11-7-9)8-12-4-2-1-3-5-12/h9,11H,1-8H2. The summed E-state index contributed by atoms with van der Waals surface area (Å²) >= 11 is 0. The minimum absolute atomic E-state index is 0.321. The van der Waals surface area contributed by atoms with Gasteiger partial charge in [0.15, 0.2) is 5.78 Å². The molecule has 2 fully saturated rings. The fourth-order valence-corrected chi connectivity index (χ4v) is 1.98. The summed E-state index contributed by atoms with van der Waals surface area (Å²) in [5.74, 6) is 0.766. The lowest BCUT2D eigenvalue weighted by Gasteiger charge is -2.30. The van der Waals surface area contributed by atoms with Crippen LogP contribution >= 0.6 is 0 Å². The molecule has 0 aromatic carbocycles. The zero-order valence-electron chi connectivity index (χ0n) is 8.09. The number of hydrogen-bond acceptors (Lipinski definition) is 3. The lowest BCUT2D eigenvalue weighted by molar-refractivity contribution is -0.125. The number of likely N-dealkylation sites (tertiary alicyclic amines) is 1. The number of Topliss-reactive ketones (excluding diaryl/α,β-unsaturated/α-hetero) is 1. The second-order valence-corrected chi connectivity index (χ2v) is 4.16. The van der Waals surface area contributed by atoms with E-state index < -0.39 is 0 Å². The van der Waals surface area contributed by atoms with Gasteiger partial charge in [-0.1, -0.05) is 6.42 Å². The van der Waals surface area contributed by atoms with Gasteiger partial charge in [0.05, 0.1) is 6.54 Å². The van der Waals surface area contributed by atoms with Crippen LogP contribution in [0.4, 0.5) is 0 Å². The van der Waals surface area contributed by atoms with Gasteiger partial charge in [-0.25, -0.2) is 0 Å². The number of carbonyl (C=O) groups excluding carboxylic acids is 1. The maximum atomic E-state index is 11.6. The van der Waals surface area contributed by atoms with Gasteiger partial charge in [0.1, 0.15) is 0 Å². The van der Waals surface area contributed by atoms with Crippen molar-refractivity contribution in [2.75, 3.05) is 32.7 Å². The minimum Gasteiger partial charge on any atom is -0.315 e. The fraction of sp³-hybridized carbons (Fsp3) is 0.900. The van der Waals surface area contributed by atoms with E-state index in [1.807, 2.05) is 0 Å². The largest absolute Gasteiger partial charge is 0.315 e. The van der Waals surface area contributed by atoms with Crippen molar-refractivity contribution in [1.82, 2.24) is 10.2 Å². The van der Waals surface area contributed by atoms with Crippen LogP contribution in [0.15, 0.2) is 0 Å².